The van der Waals surface area contributed by atoms with E-state index in [1.807, 2.05) is 0 Å². The van der Waals surface area contributed by atoms with Crippen LogP contribution in [0.2, 0.25) is 0 Å². The Balaban J connectivity index is 2.23. The largest absolute Gasteiger partial charge is 0.457 e. The molecule has 4 N–H and O–H groups in total. The molecule has 9 heteroatoms. The van der Waals surface area contributed by atoms with Crippen molar-refractivity contribution in [1.82, 2.24) is 0 Å². The molecule has 1 heterocycles. The van der Waals surface area contributed by atoms with Gasteiger partial charge in [0.15, 0.2) is 6.29 Å². The van der Waals surface area contributed by atoms with E-state index in [4.69, 9.17) is 18.9 Å². The SMILES string of the molecule is CC/C=C\C/C=C\C/C=C\C/C=C\C/C=C\CCCCCCCC(=O)OC(COCCCCCCCCCCCC/C=C\CCCCCCCC)COC1OC(CO)C(O)C(O)C1O. The number of hydrogen-bond donors (Lipinski definition) is 4. The summed E-state index contributed by atoms with van der Waals surface area (Å²) in [6.45, 7) is 4.42. The lowest BCUT2D eigenvalue weighted by molar-refractivity contribution is -0.305. The first-order valence-electron chi connectivity index (χ1n) is 26.0. The smallest absolute Gasteiger partial charge is 0.306 e. The number of rotatable bonds is 44. The van der Waals surface area contributed by atoms with Gasteiger partial charge < -0.3 is 39.4 Å². The molecule has 1 aliphatic heterocycles. The highest BCUT2D eigenvalue weighted by Crippen LogP contribution is 2.23. The van der Waals surface area contributed by atoms with Gasteiger partial charge in [-0.05, 0) is 83.5 Å². The minimum absolute atomic E-state index is 0.125. The van der Waals surface area contributed by atoms with Gasteiger partial charge in [-0.15, -0.1) is 0 Å². The maximum absolute atomic E-state index is 12.8. The summed E-state index contributed by atoms with van der Waals surface area (Å²) >= 11 is 0. The molecule has 0 bridgehead atoms. The average molecular weight is 901 g/mol. The number of esters is 1. The molecule has 0 aromatic carbocycles. The van der Waals surface area contributed by atoms with Crippen LogP contribution >= 0.6 is 0 Å². The van der Waals surface area contributed by atoms with Crippen molar-refractivity contribution in [3.8, 4) is 0 Å². The van der Waals surface area contributed by atoms with Crippen LogP contribution in [0.5, 0.6) is 0 Å². The minimum atomic E-state index is -1.54. The second-order valence-corrected chi connectivity index (χ2v) is 17.6. The van der Waals surface area contributed by atoms with Gasteiger partial charge in [0, 0.05) is 13.0 Å². The molecule has 6 unspecified atom stereocenters. The van der Waals surface area contributed by atoms with Crippen LogP contribution in [-0.2, 0) is 23.7 Å². The minimum Gasteiger partial charge on any atom is -0.457 e. The monoisotopic (exact) mass is 901 g/mol. The summed E-state index contributed by atoms with van der Waals surface area (Å²) in [4.78, 5) is 12.8. The van der Waals surface area contributed by atoms with E-state index in [2.05, 4.69) is 86.8 Å². The molecular formula is C55H96O9. The zero-order valence-corrected chi connectivity index (χ0v) is 40.8. The summed E-state index contributed by atoms with van der Waals surface area (Å²) in [7, 11) is 0. The Morgan fingerprint density at radius 3 is 1.45 bits per heavy atom. The van der Waals surface area contributed by atoms with Gasteiger partial charge in [-0.25, -0.2) is 0 Å². The zero-order valence-electron chi connectivity index (χ0n) is 40.8. The van der Waals surface area contributed by atoms with Gasteiger partial charge in [0.25, 0.3) is 0 Å². The summed E-state index contributed by atoms with van der Waals surface area (Å²) in [5.74, 6) is -0.333. The molecule has 0 aromatic rings. The van der Waals surface area contributed by atoms with E-state index in [1.54, 1.807) is 0 Å². The molecule has 9 nitrogen and oxygen atoms in total. The topological polar surface area (TPSA) is 135 Å². The molecule has 1 saturated heterocycles. The third-order valence-corrected chi connectivity index (χ3v) is 11.6. The first-order valence-corrected chi connectivity index (χ1v) is 26.0. The molecule has 0 spiro atoms. The number of hydrogen-bond acceptors (Lipinski definition) is 9. The Morgan fingerprint density at radius 1 is 0.516 bits per heavy atom. The molecule has 1 fully saturated rings. The van der Waals surface area contributed by atoms with Crippen molar-refractivity contribution in [1.29, 1.82) is 0 Å². The summed E-state index contributed by atoms with van der Waals surface area (Å²) in [6, 6.07) is 0. The Labute approximate surface area is 391 Å². The molecular weight excluding hydrogens is 805 g/mol. The molecule has 64 heavy (non-hydrogen) atoms. The summed E-state index contributed by atoms with van der Waals surface area (Å²) in [5.41, 5.74) is 0. The lowest BCUT2D eigenvalue weighted by Gasteiger charge is -2.39. The van der Waals surface area contributed by atoms with Crippen molar-refractivity contribution in [2.24, 2.45) is 0 Å². The van der Waals surface area contributed by atoms with Crippen LogP contribution in [0.15, 0.2) is 72.9 Å². The highest BCUT2D eigenvalue weighted by atomic mass is 16.7. The van der Waals surface area contributed by atoms with E-state index in [0.29, 0.717) is 13.0 Å². The maximum atomic E-state index is 12.8. The van der Waals surface area contributed by atoms with Gasteiger partial charge in [0.1, 0.15) is 30.5 Å². The Hall–Kier alpha value is -2.37. The van der Waals surface area contributed by atoms with Gasteiger partial charge in [0.05, 0.1) is 19.8 Å². The van der Waals surface area contributed by atoms with Crippen LogP contribution in [-0.4, -0.2) is 89.6 Å². The number of carbonyl (C=O) groups is 1. The zero-order chi connectivity index (χ0) is 46.4. The fourth-order valence-corrected chi connectivity index (χ4v) is 7.57. The van der Waals surface area contributed by atoms with Gasteiger partial charge in [-0.3, -0.25) is 4.79 Å². The predicted molar refractivity (Wildman–Crippen MR) is 265 cm³/mol. The number of allylic oxidation sites excluding steroid dienone is 12. The summed E-state index contributed by atoms with van der Waals surface area (Å²) in [6.07, 6.45) is 53.6. The lowest BCUT2D eigenvalue weighted by atomic mass is 9.99. The quantitative estimate of drug-likeness (QED) is 0.0268. The highest BCUT2D eigenvalue weighted by molar-refractivity contribution is 5.69. The van der Waals surface area contributed by atoms with Crippen LogP contribution in [0.3, 0.4) is 0 Å². The molecule has 0 aromatic heterocycles. The Bertz CT molecular complexity index is 1210. The molecule has 1 aliphatic rings. The standard InChI is InChI=1S/C55H96O9/c1-3-5-7-9-11-13-15-17-19-21-23-25-26-28-30-32-34-36-38-40-42-44-51(57)63-49(48-62-55-54(60)53(59)52(58)50(46-56)64-55)47-61-45-43-41-39-37-35-33-31-29-27-24-22-20-18-16-14-12-10-8-6-4-2/h5,7,11,13,17-20,23,25,28,30,49-50,52-56,58-60H,3-4,6,8-10,12,14-16,21-22,24,26-27,29,31-48H2,1-2H3/b7-5-,13-11-,19-17-,20-18-,25-23-,30-28-. The first kappa shape index (κ1) is 59.6. The predicted octanol–water partition coefficient (Wildman–Crippen LogP) is 12.8. The Kier molecular flexibility index (Phi) is 42.7. The van der Waals surface area contributed by atoms with E-state index in [-0.39, 0.29) is 19.2 Å². The van der Waals surface area contributed by atoms with Gasteiger partial charge >= 0.3 is 5.97 Å². The lowest BCUT2D eigenvalue weighted by Crippen LogP contribution is -2.59. The number of aliphatic hydroxyl groups is 4. The molecule has 6 atom stereocenters. The van der Waals surface area contributed by atoms with Gasteiger partial charge in [0.2, 0.25) is 0 Å². The number of ether oxygens (including phenoxy) is 4. The average Bonchev–Trinajstić information content (AvgIpc) is 3.30. The van der Waals surface area contributed by atoms with E-state index < -0.39 is 43.4 Å². The van der Waals surface area contributed by atoms with Crippen molar-refractivity contribution in [3.63, 3.8) is 0 Å². The molecule has 0 radical (unpaired) electrons. The van der Waals surface area contributed by atoms with Gasteiger partial charge in [-0.2, -0.15) is 0 Å². The van der Waals surface area contributed by atoms with Crippen LogP contribution in [0.25, 0.3) is 0 Å². The van der Waals surface area contributed by atoms with Crippen molar-refractivity contribution in [2.45, 2.75) is 243 Å². The van der Waals surface area contributed by atoms with Gasteiger partial charge in [-0.1, -0.05) is 189 Å². The molecule has 0 aliphatic carbocycles. The van der Waals surface area contributed by atoms with Crippen molar-refractivity contribution in [2.75, 3.05) is 26.4 Å². The van der Waals surface area contributed by atoms with Crippen LogP contribution in [0.1, 0.15) is 206 Å². The second kappa shape index (κ2) is 45.8. The summed E-state index contributed by atoms with van der Waals surface area (Å²) in [5, 5.41) is 40.3. The first-order chi connectivity index (χ1) is 31.4. The normalized spacial score (nSPS) is 20.1. The van der Waals surface area contributed by atoms with Crippen LogP contribution in [0.4, 0.5) is 0 Å². The third kappa shape index (κ3) is 35.8. The molecule has 0 amide bonds. The highest BCUT2D eigenvalue weighted by Gasteiger charge is 2.44. The molecule has 1 rings (SSSR count). The van der Waals surface area contributed by atoms with Crippen molar-refractivity contribution < 1.29 is 44.2 Å². The van der Waals surface area contributed by atoms with Crippen LogP contribution < -0.4 is 0 Å². The van der Waals surface area contributed by atoms with Crippen molar-refractivity contribution >= 4 is 5.97 Å². The molecule has 370 valence electrons. The van der Waals surface area contributed by atoms with E-state index in [1.165, 1.54) is 103 Å². The number of aliphatic hydroxyl groups excluding tert-OH is 4. The van der Waals surface area contributed by atoms with Crippen LogP contribution in [0, 0.1) is 0 Å². The third-order valence-electron chi connectivity index (χ3n) is 11.6. The fraction of sp³-hybridized carbons (Fsp3) is 0.764. The maximum Gasteiger partial charge on any atom is 0.306 e. The van der Waals surface area contributed by atoms with E-state index in [0.717, 1.165) is 83.5 Å². The number of unbranched alkanes of at least 4 members (excludes halogenated alkanes) is 21. The Morgan fingerprint density at radius 2 is 0.953 bits per heavy atom. The van der Waals surface area contributed by atoms with Crippen molar-refractivity contribution in [3.05, 3.63) is 72.9 Å². The van der Waals surface area contributed by atoms with E-state index in [9.17, 15) is 25.2 Å². The molecule has 0 saturated carbocycles. The second-order valence-electron chi connectivity index (χ2n) is 17.6. The summed E-state index contributed by atoms with van der Waals surface area (Å²) < 4.78 is 22.9. The number of carbonyl (C=O) groups excluding carboxylic acids is 1. The van der Waals surface area contributed by atoms with E-state index >= 15 is 0 Å². The fourth-order valence-electron chi connectivity index (χ4n) is 7.57.